The Labute approximate surface area is 109 Å². The second-order valence-corrected chi connectivity index (χ2v) is 4.87. The highest BCUT2D eigenvalue weighted by atomic mass is 32.2. The second-order valence-electron chi connectivity index (χ2n) is 3.60. The van der Waals surface area contributed by atoms with Crippen molar-refractivity contribution in [1.82, 2.24) is 0 Å². The highest BCUT2D eigenvalue weighted by Gasteiger charge is 2.06. The van der Waals surface area contributed by atoms with Gasteiger partial charge < -0.3 is 5.73 Å². The number of nitro benzene ring substituents is 1. The molecular weight excluding hydrogens is 252 g/mol. The molecule has 0 radical (unpaired) electrons. The Hall–Kier alpha value is -1.82. The van der Waals surface area contributed by atoms with Crippen LogP contribution in [0.25, 0.3) is 6.08 Å². The third-order valence-corrected chi connectivity index (χ3v) is 3.01. The fourth-order valence-corrected chi connectivity index (χ4v) is 1.85. The lowest BCUT2D eigenvalue weighted by molar-refractivity contribution is -0.384. The third kappa shape index (κ3) is 4.58. The maximum absolute atomic E-state index is 10.7. The number of nitrogens with two attached hydrogens (primary N) is 1. The zero-order valence-electron chi connectivity index (χ0n) is 9.96. The van der Waals surface area contributed by atoms with Gasteiger partial charge in [-0.1, -0.05) is 23.9 Å². The van der Waals surface area contributed by atoms with Crippen molar-refractivity contribution in [2.45, 2.75) is 13.3 Å². The summed E-state index contributed by atoms with van der Waals surface area (Å²) in [4.78, 5) is 20.7. The van der Waals surface area contributed by atoms with Crippen LogP contribution in [0.4, 0.5) is 11.4 Å². The van der Waals surface area contributed by atoms with E-state index in [1.54, 1.807) is 12.1 Å². The summed E-state index contributed by atoms with van der Waals surface area (Å²) < 4.78 is 0. The van der Waals surface area contributed by atoms with Crippen molar-refractivity contribution < 1.29 is 9.72 Å². The first kappa shape index (κ1) is 14.2. The first-order valence-corrected chi connectivity index (χ1v) is 6.33. The maximum Gasteiger partial charge on any atom is 0.271 e. The van der Waals surface area contributed by atoms with E-state index >= 15 is 0 Å². The van der Waals surface area contributed by atoms with Crippen LogP contribution in [0, 0.1) is 10.1 Å². The minimum absolute atomic E-state index is 0.0169. The van der Waals surface area contributed by atoms with Gasteiger partial charge in [-0.15, -0.1) is 0 Å². The van der Waals surface area contributed by atoms with Crippen LogP contribution < -0.4 is 5.73 Å². The fourth-order valence-electron chi connectivity index (χ4n) is 1.31. The molecule has 0 heterocycles. The molecule has 0 unspecified atom stereocenters. The summed E-state index contributed by atoms with van der Waals surface area (Å²) in [5.74, 6) is 0.721. The molecular formula is C12H14N2O3S. The van der Waals surface area contributed by atoms with Gasteiger partial charge in [-0.2, -0.15) is 0 Å². The molecule has 0 saturated carbocycles. The molecule has 0 bridgehead atoms. The first-order valence-electron chi connectivity index (χ1n) is 5.34. The number of allylic oxidation sites excluding steroid dienone is 1. The average molecular weight is 266 g/mol. The molecule has 0 fully saturated rings. The van der Waals surface area contributed by atoms with E-state index in [1.165, 1.54) is 30.8 Å². The van der Waals surface area contributed by atoms with Crippen LogP contribution in [0.2, 0.25) is 0 Å². The highest BCUT2D eigenvalue weighted by Crippen LogP contribution is 2.21. The van der Waals surface area contributed by atoms with E-state index in [9.17, 15) is 14.9 Å². The molecule has 1 aromatic carbocycles. The first-order chi connectivity index (χ1) is 8.50. The number of hydrogen-bond donors (Lipinski definition) is 1. The Kier molecular flexibility index (Phi) is 5.38. The van der Waals surface area contributed by atoms with Gasteiger partial charge >= 0.3 is 0 Å². The predicted octanol–water partition coefficient (Wildman–Crippen LogP) is 2.86. The Balaban J connectivity index is 2.59. The Morgan fingerprint density at radius 3 is 2.83 bits per heavy atom. The van der Waals surface area contributed by atoms with Gasteiger partial charge in [0.15, 0.2) is 5.12 Å². The van der Waals surface area contributed by atoms with Crippen molar-refractivity contribution in [3.63, 3.8) is 0 Å². The van der Waals surface area contributed by atoms with Gasteiger partial charge in [0.2, 0.25) is 0 Å². The predicted molar refractivity (Wildman–Crippen MR) is 74.3 cm³/mol. The number of nitrogen functional groups attached to an aromatic ring is 1. The second kappa shape index (κ2) is 6.80. The lowest BCUT2D eigenvalue weighted by atomic mass is 10.1. The molecule has 0 atom stereocenters. The summed E-state index contributed by atoms with van der Waals surface area (Å²) in [6.45, 7) is 1.53. The van der Waals surface area contributed by atoms with E-state index in [0.717, 1.165) is 17.7 Å². The van der Waals surface area contributed by atoms with Crippen molar-refractivity contribution in [3.8, 4) is 0 Å². The number of rotatable bonds is 5. The van der Waals surface area contributed by atoms with Gasteiger partial charge in [0.05, 0.1) is 4.92 Å². The minimum Gasteiger partial charge on any atom is -0.398 e. The van der Waals surface area contributed by atoms with Gasteiger partial charge in [-0.05, 0) is 18.1 Å². The molecule has 0 spiro atoms. The van der Waals surface area contributed by atoms with Crippen molar-refractivity contribution >= 4 is 34.3 Å². The lowest BCUT2D eigenvalue weighted by Crippen LogP contribution is -1.93. The standard InChI is InChI=1S/C12H14N2O3S/c1-9(15)18-7-3-2-4-10-5-6-11(14(16)17)8-12(10)13/h2,4-6,8H,3,7,13H2,1H3. The zero-order valence-corrected chi connectivity index (χ0v) is 10.8. The molecule has 2 N–H and O–H groups in total. The molecule has 6 heteroatoms. The molecule has 0 amide bonds. The maximum atomic E-state index is 10.7. The zero-order chi connectivity index (χ0) is 13.5. The minimum atomic E-state index is -0.479. The van der Waals surface area contributed by atoms with Crippen LogP contribution in [-0.4, -0.2) is 15.8 Å². The average Bonchev–Trinajstić information content (AvgIpc) is 2.29. The van der Waals surface area contributed by atoms with Crippen LogP contribution in [0.3, 0.4) is 0 Å². The van der Waals surface area contributed by atoms with Crippen LogP contribution in [0.5, 0.6) is 0 Å². The summed E-state index contributed by atoms with van der Waals surface area (Å²) in [5.41, 5.74) is 6.81. The molecule has 0 aliphatic heterocycles. The number of anilines is 1. The summed E-state index contributed by atoms with van der Waals surface area (Å²) in [7, 11) is 0. The van der Waals surface area contributed by atoms with Crippen molar-refractivity contribution in [2.75, 3.05) is 11.5 Å². The number of hydrogen-bond acceptors (Lipinski definition) is 5. The van der Waals surface area contributed by atoms with E-state index < -0.39 is 4.92 Å². The van der Waals surface area contributed by atoms with E-state index in [1.807, 2.05) is 6.08 Å². The van der Waals surface area contributed by atoms with Crippen LogP contribution >= 0.6 is 11.8 Å². The summed E-state index contributed by atoms with van der Waals surface area (Å²) in [6.07, 6.45) is 4.45. The van der Waals surface area contributed by atoms with Crippen LogP contribution in [0.15, 0.2) is 24.3 Å². The molecule has 1 aromatic rings. The summed E-state index contributed by atoms with van der Waals surface area (Å²) in [5, 5.41) is 10.6. The third-order valence-electron chi connectivity index (χ3n) is 2.17. The van der Waals surface area contributed by atoms with Crippen molar-refractivity contribution in [2.24, 2.45) is 0 Å². The number of carbonyl (C=O) groups is 1. The largest absolute Gasteiger partial charge is 0.398 e. The number of thioether (sulfide) groups is 1. The van der Waals surface area contributed by atoms with Crippen molar-refractivity contribution in [3.05, 3.63) is 40.0 Å². The molecule has 18 heavy (non-hydrogen) atoms. The molecule has 5 nitrogen and oxygen atoms in total. The Bertz CT molecular complexity index is 486. The number of nitrogens with zero attached hydrogens (tertiary/aromatic N) is 1. The summed E-state index contributed by atoms with van der Waals surface area (Å²) >= 11 is 1.27. The van der Waals surface area contributed by atoms with Crippen LogP contribution in [-0.2, 0) is 4.79 Å². The molecule has 0 aromatic heterocycles. The summed E-state index contributed by atoms with van der Waals surface area (Å²) in [6, 6.07) is 4.37. The number of carbonyl (C=O) groups excluding carboxylic acids is 1. The Morgan fingerprint density at radius 1 is 1.56 bits per heavy atom. The number of nitro groups is 1. The van der Waals surface area contributed by atoms with Gasteiger partial charge in [0.25, 0.3) is 5.69 Å². The molecule has 0 aliphatic carbocycles. The van der Waals surface area contributed by atoms with Gasteiger partial charge in [-0.25, -0.2) is 0 Å². The molecule has 0 saturated heterocycles. The Morgan fingerprint density at radius 2 is 2.28 bits per heavy atom. The van der Waals surface area contributed by atoms with Gasteiger partial charge in [0.1, 0.15) is 0 Å². The SMILES string of the molecule is CC(=O)SCCC=Cc1ccc([N+](=O)[O-])cc1N. The topological polar surface area (TPSA) is 86.2 Å². The molecule has 1 rings (SSSR count). The van der Waals surface area contributed by atoms with E-state index in [2.05, 4.69) is 0 Å². The number of benzene rings is 1. The normalized spacial score (nSPS) is 10.7. The molecule has 0 aliphatic rings. The van der Waals surface area contributed by atoms with E-state index in [4.69, 9.17) is 5.73 Å². The lowest BCUT2D eigenvalue weighted by Gasteiger charge is -2.00. The monoisotopic (exact) mass is 266 g/mol. The van der Waals surface area contributed by atoms with E-state index in [0.29, 0.717) is 5.69 Å². The van der Waals surface area contributed by atoms with Crippen LogP contribution in [0.1, 0.15) is 18.9 Å². The van der Waals surface area contributed by atoms with Gasteiger partial charge in [0, 0.05) is 30.5 Å². The smallest absolute Gasteiger partial charge is 0.271 e. The van der Waals surface area contributed by atoms with Gasteiger partial charge in [-0.3, -0.25) is 14.9 Å². The van der Waals surface area contributed by atoms with Crippen molar-refractivity contribution in [1.29, 1.82) is 0 Å². The van der Waals surface area contributed by atoms with E-state index in [-0.39, 0.29) is 10.8 Å². The fraction of sp³-hybridized carbons (Fsp3) is 0.250. The number of non-ortho nitro benzene ring substituents is 1. The molecule has 96 valence electrons. The highest BCUT2D eigenvalue weighted by molar-refractivity contribution is 8.13. The quantitative estimate of drug-likeness (QED) is 0.383.